The van der Waals surface area contributed by atoms with Crippen molar-refractivity contribution in [1.29, 1.82) is 0 Å². The van der Waals surface area contributed by atoms with Gasteiger partial charge >= 0.3 is 5.97 Å². The molecule has 6 nitrogen and oxygen atoms in total. The normalized spacial score (nSPS) is 11.9. The Morgan fingerprint density at radius 1 is 1.26 bits per heavy atom. The minimum Gasteiger partial charge on any atom is -0.448 e. The van der Waals surface area contributed by atoms with Crippen LogP contribution >= 0.6 is 11.3 Å². The van der Waals surface area contributed by atoms with Crippen LogP contribution in [-0.4, -0.2) is 29.5 Å². The molecule has 2 aromatic rings. The molecule has 2 rings (SSSR count). The lowest BCUT2D eigenvalue weighted by Crippen LogP contribution is -2.30. The molecule has 0 aliphatic heterocycles. The van der Waals surface area contributed by atoms with Gasteiger partial charge in [0.25, 0.3) is 5.91 Å². The maximum Gasteiger partial charge on any atom is 0.358 e. The van der Waals surface area contributed by atoms with E-state index in [0.717, 1.165) is 31.2 Å². The van der Waals surface area contributed by atoms with E-state index in [-0.39, 0.29) is 11.4 Å². The molecular formula is C18H21F2N3O3S. The summed E-state index contributed by atoms with van der Waals surface area (Å²) in [6, 6.07) is 2.67. The number of halogens is 2. The minimum atomic E-state index is -1.21. The van der Waals surface area contributed by atoms with Crippen molar-refractivity contribution in [3.05, 3.63) is 40.9 Å². The number of rotatable bonds is 8. The van der Waals surface area contributed by atoms with Gasteiger partial charge in [0, 0.05) is 18.0 Å². The highest BCUT2D eigenvalue weighted by Gasteiger charge is 2.22. The van der Waals surface area contributed by atoms with Crippen molar-refractivity contribution in [1.82, 2.24) is 4.98 Å². The van der Waals surface area contributed by atoms with E-state index in [1.54, 1.807) is 0 Å². The van der Waals surface area contributed by atoms with Crippen molar-refractivity contribution in [2.75, 3.05) is 17.2 Å². The van der Waals surface area contributed by atoms with Crippen LogP contribution in [0.3, 0.4) is 0 Å². The quantitative estimate of drug-likeness (QED) is 0.657. The highest BCUT2D eigenvalue weighted by Crippen LogP contribution is 2.18. The minimum absolute atomic E-state index is 0.0728. The summed E-state index contributed by atoms with van der Waals surface area (Å²) in [6.45, 7) is 6.28. The molecule has 2 N–H and O–H groups in total. The Balaban J connectivity index is 1.90. The van der Waals surface area contributed by atoms with E-state index < -0.39 is 29.6 Å². The third-order valence-corrected chi connectivity index (χ3v) is 4.35. The SMILES string of the molecule is CC(C)CCNc1nc(C(=O)O[C@@H](C)C(=O)Nc2cc(F)ccc2F)cs1. The average molecular weight is 397 g/mol. The first-order valence-electron chi connectivity index (χ1n) is 8.42. The zero-order valence-electron chi connectivity index (χ0n) is 15.2. The van der Waals surface area contributed by atoms with Gasteiger partial charge in [0.05, 0.1) is 5.69 Å². The summed E-state index contributed by atoms with van der Waals surface area (Å²) in [5.74, 6) is -2.50. The summed E-state index contributed by atoms with van der Waals surface area (Å²) in [5, 5.41) is 7.41. The van der Waals surface area contributed by atoms with E-state index in [9.17, 15) is 18.4 Å². The number of thiazole rings is 1. The predicted octanol–water partition coefficient (Wildman–Crippen LogP) is 4.06. The summed E-state index contributed by atoms with van der Waals surface area (Å²) in [4.78, 5) is 28.3. The molecule has 1 amide bonds. The van der Waals surface area contributed by atoms with Gasteiger partial charge in [0.1, 0.15) is 11.6 Å². The second kappa shape index (κ2) is 9.40. The molecule has 0 bridgehead atoms. The topological polar surface area (TPSA) is 80.3 Å². The molecule has 0 unspecified atom stereocenters. The number of nitrogens with one attached hydrogen (secondary N) is 2. The van der Waals surface area contributed by atoms with Gasteiger partial charge in [0.2, 0.25) is 0 Å². The summed E-state index contributed by atoms with van der Waals surface area (Å²) in [5.41, 5.74) is -0.253. The van der Waals surface area contributed by atoms with Crippen LogP contribution < -0.4 is 10.6 Å². The van der Waals surface area contributed by atoms with Crippen molar-refractivity contribution >= 4 is 34.0 Å². The largest absolute Gasteiger partial charge is 0.448 e. The number of hydrogen-bond donors (Lipinski definition) is 2. The van der Waals surface area contributed by atoms with Crippen LogP contribution in [0.2, 0.25) is 0 Å². The highest BCUT2D eigenvalue weighted by atomic mass is 32.1. The first kappa shape index (κ1) is 20.8. The van der Waals surface area contributed by atoms with Gasteiger partial charge in [-0.15, -0.1) is 11.3 Å². The highest BCUT2D eigenvalue weighted by molar-refractivity contribution is 7.13. The standard InChI is InChI=1S/C18H21F2N3O3S/c1-10(2)6-7-21-18-23-15(9-27-18)17(25)26-11(3)16(24)22-14-8-12(19)4-5-13(14)20/h4-5,8-11H,6-7H2,1-3H3,(H,21,23)(H,22,24)/t11-/m0/s1. The lowest BCUT2D eigenvalue weighted by molar-refractivity contribution is -0.123. The molecule has 0 aliphatic carbocycles. The van der Waals surface area contributed by atoms with Crippen LogP contribution in [-0.2, 0) is 9.53 Å². The van der Waals surface area contributed by atoms with E-state index in [4.69, 9.17) is 4.74 Å². The van der Waals surface area contributed by atoms with E-state index in [1.165, 1.54) is 23.6 Å². The van der Waals surface area contributed by atoms with Crippen molar-refractivity contribution < 1.29 is 23.1 Å². The molecule has 0 aliphatic rings. The van der Waals surface area contributed by atoms with Crippen molar-refractivity contribution in [3.63, 3.8) is 0 Å². The molecule has 0 saturated carbocycles. The molecular weight excluding hydrogens is 376 g/mol. The Labute approximate surface area is 160 Å². The summed E-state index contributed by atoms with van der Waals surface area (Å²) in [7, 11) is 0. The number of carbonyl (C=O) groups is 2. The number of ether oxygens (including phenoxy) is 1. The zero-order chi connectivity index (χ0) is 20.0. The Morgan fingerprint density at radius 3 is 2.70 bits per heavy atom. The summed E-state index contributed by atoms with van der Waals surface area (Å²) >= 11 is 1.26. The fourth-order valence-corrected chi connectivity index (χ4v) is 2.73. The molecule has 0 fully saturated rings. The summed E-state index contributed by atoms with van der Waals surface area (Å²) in [6.07, 6.45) is -0.244. The monoisotopic (exact) mass is 397 g/mol. The first-order chi connectivity index (χ1) is 12.8. The number of esters is 1. The molecule has 27 heavy (non-hydrogen) atoms. The Morgan fingerprint density at radius 2 is 2.00 bits per heavy atom. The number of benzene rings is 1. The Hall–Kier alpha value is -2.55. The van der Waals surface area contributed by atoms with Crippen molar-refractivity contribution in [2.45, 2.75) is 33.3 Å². The van der Waals surface area contributed by atoms with Crippen molar-refractivity contribution in [2.24, 2.45) is 5.92 Å². The van der Waals surface area contributed by atoms with Crippen LogP contribution in [0, 0.1) is 17.6 Å². The average Bonchev–Trinajstić information content (AvgIpc) is 3.06. The third-order valence-electron chi connectivity index (χ3n) is 3.55. The smallest absolute Gasteiger partial charge is 0.358 e. The Bertz CT molecular complexity index is 811. The van der Waals surface area contributed by atoms with Crippen LogP contribution in [0.15, 0.2) is 23.6 Å². The Kier molecular flexibility index (Phi) is 7.23. The van der Waals surface area contributed by atoms with Gasteiger partial charge in [-0.3, -0.25) is 4.79 Å². The molecule has 9 heteroatoms. The number of aromatic nitrogens is 1. The lowest BCUT2D eigenvalue weighted by atomic mass is 10.1. The zero-order valence-corrected chi connectivity index (χ0v) is 16.0. The number of carbonyl (C=O) groups excluding carboxylic acids is 2. The molecule has 0 saturated heterocycles. The maximum absolute atomic E-state index is 13.6. The number of hydrogen-bond acceptors (Lipinski definition) is 6. The van der Waals surface area contributed by atoms with Gasteiger partial charge in [-0.25, -0.2) is 18.6 Å². The number of anilines is 2. The van der Waals surface area contributed by atoms with Crippen LogP contribution in [0.5, 0.6) is 0 Å². The third kappa shape index (κ3) is 6.28. The molecule has 1 heterocycles. The van der Waals surface area contributed by atoms with Gasteiger partial charge in [-0.1, -0.05) is 13.8 Å². The van der Waals surface area contributed by atoms with E-state index >= 15 is 0 Å². The molecule has 1 atom stereocenters. The van der Waals surface area contributed by atoms with Gasteiger partial charge in [-0.2, -0.15) is 0 Å². The molecule has 0 radical (unpaired) electrons. The van der Waals surface area contributed by atoms with Crippen molar-refractivity contribution in [3.8, 4) is 0 Å². The van der Waals surface area contributed by atoms with Crippen LogP contribution in [0.4, 0.5) is 19.6 Å². The lowest BCUT2D eigenvalue weighted by Gasteiger charge is -2.13. The van der Waals surface area contributed by atoms with E-state index in [0.29, 0.717) is 11.0 Å². The van der Waals surface area contributed by atoms with Crippen LogP contribution in [0.25, 0.3) is 0 Å². The molecule has 1 aromatic heterocycles. The fraction of sp³-hybridized carbons (Fsp3) is 0.389. The van der Waals surface area contributed by atoms with Crippen LogP contribution in [0.1, 0.15) is 37.7 Å². The maximum atomic E-state index is 13.6. The fourth-order valence-electron chi connectivity index (χ4n) is 2.02. The predicted molar refractivity (Wildman–Crippen MR) is 99.9 cm³/mol. The molecule has 146 valence electrons. The summed E-state index contributed by atoms with van der Waals surface area (Å²) < 4.78 is 31.8. The second-order valence-electron chi connectivity index (χ2n) is 6.31. The van der Waals surface area contributed by atoms with E-state index in [2.05, 4.69) is 29.5 Å². The second-order valence-corrected chi connectivity index (χ2v) is 7.17. The number of nitrogens with zero attached hydrogens (tertiary/aromatic N) is 1. The van der Waals surface area contributed by atoms with Gasteiger partial charge in [-0.05, 0) is 31.4 Å². The first-order valence-corrected chi connectivity index (χ1v) is 9.30. The van der Waals surface area contributed by atoms with E-state index in [1.807, 2.05) is 0 Å². The molecule has 1 aromatic carbocycles. The van der Waals surface area contributed by atoms with Gasteiger partial charge in [0.15, 0.2) is 16.9 Å². The number of amides is 1. The molecule has 0 spiro atoms. The van der Waals surface area contributed by atoms with Gasteiger partial charge < -0.3 is 15.4 Å².